The first-order chi connectivity index (χ1) is 7.30. The fourth-order valence-electron chi connectivity index (χ4n) is 2.32. The van der Waals surface area contributed by atoms with E-state index >= 15 is 0 Å². The minimum absolute atomic E-state index is 0.000130. The standard InChI is InChI=1S/C13H23NO2/c1-10(15)9-12(16)14-7-5-11(6-8-14)13(2,3)4/h11H,5-9H2,1-4H3. The zero-order valence-corrected chi connectivity index (χ0v) is 10.9. The summed E-state index contributed by atoms with van der Waals surface area (Å²) in [5, 5.41) is 0. The summed E-state index contributed by atoms with van der Waals surface area (Å²) in [4.78, 5) is 24.4. The molecule has 1 amide bonds. The number of likely N-dealkylation sites (tertiary alicyclic amines) is 1. The largest absolute Gasteiger partial charge is 0.342 e. The Morgan fingerprint density at radius 3 is 2.06 bits per heavy atom. The van der Waals surface area contributed by atoms with E-state index in [2.05, 4.69) is 20.8 Å². The van der Waals surface area contributed by atoms with Gasteiger partial charge in [-0.15, -0.1) is 0 Å². The van der Waals surface area contributed by atoms with Gasteiger partial charge in [0, 0.05) is 13.1 Å². The Labute approximate surface area is 98.2 Å². The van der Waals surface area contributed by atoms with Gasteiger partial charge in [-0.2, -0.15) is 0 Å². The predicted octanol–water partition coefficient (Wildman–Crippen LogP) is 2.25. The average molecular weight is 225 g/mol. The lowest BCUT2D eigenvalue weighted by atomic mass is 9.75. The second-order valence-corrected chi connectivity index (χ2v) is 5.90. The summed E-state index contributed by atoms with van der Waals surface area (Å²) in [6, 6.07) is 0. The van der Waals surface area contributed by atoms with Crippen molar-refractivity contribution in [1.29, 1.82) is 0 Å². The monoisotopic (exact) mass is 225 g/mol. The Morgan fingerprint density at radius 1 is 1.19 bits per heavy atom. The number of nitrogens with zero attached hydrogens (tertiary/aromatic N) is 1. The van der Waals surface area contributed by atoms with Crippen LogP contribution in [0.5, 0.6) is 0 Å². The van der Waals surface area contributed by atoms with E-state index in [0.29, 0.717) is 11.3 Å². The number of piperidine rings is 1. The molecule has 0 radical (unpaired) electrons. The van der Waals surface area contributed by atoms with E-state index in [0.717, 1.165) is 25.9 Å². The molecule has 0 spiro atoms. The molecule has 1 fully saturated rings. The molecule has 0 N–H and O–H groups in total. The van der Waals surface area contributed by atoms with Crippen molar-refractivity contribution in [3.05, 3.63) is 0 Å². The molecule has 0 atom stereocenters. The molecular formula is C13H23NO2. The smallest absolute Gasteiger partial charge is 0.230 e. The van der Waals surface area contributed by atoms with E-state index in [1.807, 2.05) is 4.90 Å². The third-order valence-electron chi connectivity index (χ3n) is 3.47. The van der Waals surface area contributed by atoms with Crippen LogP contribution in [0, 0.1) is 11.3 Å². The highest BCUT2D eigenvalue weighted by Crippen LogP contribution is 2.34. The molecule has 1 rings (SSSR count). The van der Waals surface area contributed by atoms with Crippen molar-refractivity contribution in [3.8, 4) is 0 Å². The van der Waals surface area contributed by atoms with Crippen LogP contribution in [0.3, 0.4) is 0 Å². The van der Waals surface area contributed by atoms with Crippen molar-refractivity contribution in [1.82, 2.24) is 4.90 Å². The zero-order valence-electron chi connectivity index (χ0n) is 10.9. The minimum Gasteiger partial charge on any atom is -0.342 e. The summed E-state index contributed by atoms with van der Waals surface area (Å²) in [7, 11) is 0. The van der Waals surface area contributed by atoms with Crippen molar-refractivity contribution >= 4 is 11.7 Å². The number of amides is 1. The molecule has 0 aromatic heterocycles. The lowest BCUT2D eigenvalue weighted by molar-refractivity contribution is -0.136. The number of rotatable bonds is 2. The minimum atomic E-state index is -0.0389. The van der Waals surface area contributed by atoms with Crippen molar-refractivity contribution in [2.24, 2.45) is 11.3 Å². The summed E-state index contributed by atoms with van der Waals surface area (Å²) < 4.78 is 0. The average Bonchev–Trinajstić information content (AvgIpc) is 2.15. The van der Waals surface area contributed by atoms with Gasteiger partial charge in [-0.05, 0) is 31.1 Å². The maximum atomic E-state index is 11.7. The van der Waals surface area contributed by atoms with Gasteiger partial charge in [0.1, 0.15) is 5.78 Å². The third-order valence-corrected chi connectivity index (χ3v) is 3.47. The van der Waals surface area contributed by atoms with Crippen molar-refractivity contribution in [3.63, 3.8) is 0 Å². The van der Waals surface area contributed by atoms with Crippen LogP contribution < -0.4 is 0 Å². The Balaban J connectivity index is 2.43. The molecule has 3 nitrogen and oxygen atoms in total. The fraction of sp³-hybridized carbons (Fsp3) is 0.846. The van der Waals surface area contributed by atoms with E-state index in [4.69, 9.17) is 0 Å². The van der Waals surface area contributed by atoms with Crippen LogP contribution in [0.4, 0.5) is 0 Å². The molecule has 0 unspecified atom stereocenters. The Kier molecular flexibility index (Phi) is 4.11. The zero-order chi connectivity index (χ0) is 12.3. The molecule has 1 heterocycles. The highest BCUT2D eigenvalue weighted by atomic mass is 16.2. The summed E-state index contributed by atoms with van der Waals surface area (Å²) in [5.41, 5.74) is 0.329. The van der Waals surface area contributed by atoms with E-state index in [9.17, 15) is 9.59 Å². The summed E-state index contributed by atoms with van der Waals surface area (Å²) in [5.74, 6) is 0.650. The van der Waals surface area contributed by atoms with E-state index in [1.165, 1.54) is 6.92 Å². The second kappa shape index (κ2) is 4.98. The van der Waals surface area contributed by atoms with Crippen molar-refractivity contribution < 1.29 is 9.59 Å². The molecule has 3 heteroatoms. The van der Waals surface area contributed by atoms with Crippen LogP contribution in [-0.4, -0.2) is 29.7 Å². The topological polar surface area (TPSA) is 37.4 Å². The van der Waals surface area contributed by atoms with E-state index in [-0.39, 0.29) is 18.1 Å². The van der Waals surface area contributed by atoms with E-state index in [1.54, 1.807) is 0 Å². The molecule has 0 bridgehead atoms. The van der Waals surface area contributed by atoms with Gasteiger partial charge in [0.25, 0.3) is 0 Å². The predicted molar refractivity (Wildman–Crippen MR) is 64.1 cm³/mol. The molecule has 1 saturated heterocycles. The van der Waals surface area contributed by atoms with Crippen LogP contribution in [-0.2, 0) is 9.59 Å². The molecule has 0 saturated carbocycles. The molecule has 1 aliphatic heterocycles. The highest BCUT2D eigenvalue weighted by molar-refractivity contribution is 5.96. The van der Waals surface area contributed by atoms with Gasteiger partial charge in [-0.1, -0.05) is 20.8 Å². The van der Waals surface area contributed by atoms with Gasteiger partial charge in [0.05, 0.1) is 6.42 Å². The molecule has 0 aliphatic carbocycles. The van der Waals surface area contributed by atoms with Gasteiger partial charge in [0.2, 0.25) is 5.91 Å². The van der Waals surface area contributed by atoms with Crippen LogP contribution in [0.25, 0.3) is 0 Å². The van der Waals surface area contributed by atoms with Crippen LogP contribution in [0.1, 0.15) is 47.0 Å². The first-order valence-corrected chi connectivity index (χ1v) is 6.08. The molecular weight excluding hydrogens is 202 g/mol. The third kappa shape index (κ3) is 3.62. The van der Waals surface area contributed by atoms with Crippen LogP contribution in [0.2, 0.25) is 0 Å². The number of hydrogen-bond acceptors (Lipinski definition) is 2. The molecule has 0 aromatic rings. The lowest BCUT2D eigenvalue weighted by Crippen LogP contribution is -2.41. The van der Waals surface area contributed by atoms with Gasteiger partial charge in [-0.25, -0.2) is 0 Å². The first kappa shape index (κ1) is 13.2. The van der Waals surface area contributed by atoms with Crippen LogP contribution in [0.15, 0.2) is 0 Å². The second-order valence-electron chi connectivity index (χ2n) is 5.90. The first-order valence-electron chi connectivity index (χ1n) is 6.08. The summed E-state index contributed by atoms with van der Waals surface area (Å²) in [6.07, 6.45) is 2.19. The van der Waals surface area contributed by atoms with Crippen molar-refractivity contribution in [2.75, 3.05) is 13.1 Å². The summed E-state index contributed by atoms with van der Waals surface area (Å²) >= 11 is 0. The highest BCUT2D eigenvalue weighted by Gasteiger charge is 2.30. The molecule has 0 aromatic carbocycles. The Hall–Kier alpha value is -0.860. The Morgan fingerprint density at radius 2 is 1.69 bits per heavy atom. The lowest BCUT2D eigenvalue weighted by Gasteiger charge is -2.38. The van der Waals surface area contributed by atoms with Crippen molar-refractivity contribution in [2.45, 2.75) is 47.0 Å². The number of carbonyl (C=O) groups is 2. The number of Topliss-reactive ketones (excluding diaryl/α,β-unsaturated/α-hetero) is 1. The van der Waals surface area contributed by atoms with Gasteiger partial charge >= 0.3 is 0 Å². The Bertz CT molecular complexity index is 270. The quantitative estimate of drug-likeness (QED) is 0.676. The van der Waals surface area contributed by atoms with Gasteiger partial charge < -0.3 is 4.90 Å². The SMILES string of the molecule is CC(=O)CC(=O)N1CCC(C(C)(C)C)CC1. The molecule has 1 aliphatic rings. The molecule has 92 valence electrons. The molecule has 16 heavy (non-hydrogen) atoms. The maximum absolute atomic E-state index is 11.7. The van der Waals surface area contributed by atoms with Gasteiger partial charge in [0.15, 0.2) is 0 Å². The van der Waals surface area contributed by atoms with Gasteiger partial charge in [-0.3, -0.25) is 9.59 Å². The number of hydrogen-bond donors (Lipinski definition) is 0. The normalized spacial score (nSPS) is 18.6. The number of ketones is 1. The van der Waals surface area contributed by atoms with E-state index < -0.39 is 0 Å². The number of carbonyl (C=O) groups excluding carboxylic acids is 2. The summed E-state index contributed by atoms with van der Waals surface area (Å²) in [6.45, 7) is 9.86. The maximum Gasteiger partial charge on any atom is 0.230 e. The fourth-order valence-corrected chi connectivity index (χ4v) is 2.32. The van der Waals surface area contributed by atoms with Crippen LogP contribution >= 0.6 is 0 Å².